The molecule has 4 rings (SSSR count). The van der Waals surface area contributed by atoms with Crippen molar-refractivity contribution >= 4 is 6.03 Å². The van der Waals surface area contributed by atoms with Gasteiger partial charge in [0.15, 0.2) is 0 Å². The molecular weight excluding hydrogens is 316 g/mol. The molecular formula is C20H28N2O3. The number of hydrogen-bond acceptors (Lipinski definition) is 3. The number of fused-ring (bicyclic) bond motifs is 2. The second-order valence-corrected chi connectivity index (χ2v) is 7.80. The lowest BCUT2D eigenvalue weighted by atomic mass is 10.1. The van der Waals surface area contributed by atoms with Crippen LogP contribution < -0.4 is 10.1 Å². The summed E-state index contributed by atoms with van der Waals surface area (Å²) in [5, 5.41) is 3.10. The molecule has 2 amide bonds. The Kier molecular flexibility index (Phi) is 4.84. The second-order valence-electron chi connectivity index (χ2n) is 7.80. The van der Waals surface area contributed by atoms with Crippen molar-refractivity contribution in [2.24, 2.45) is 11.8 Å². The molecule has 1 aliphatic carbocycles. The summed E-state index contributed by atoms with van der Waals surface area (Å²) in [5.74, 6) is 2.08. The molecule has 1 N–H and O–H groups in total. The van der Waals surface area contributed by atoms with Gasteiger partial charge in [0, 0.05) is 37.2 Å². The molecule has 3 unspecified atom stereocenters. The van der Waals surface area contributed by atoms with E-state index in [1.807, 2.05) is 4.90 Å². The summed E-state index contributed by atoms with van der Waals surface area (Å²) >= 11 is 0. The topological polar surface area (TPSA) is 50.8 Å². The van der Waals surface area contributed by atoms with Crippen LogP contribution in [0.4, 0.5) is 4.79 Å². The van der Waals surface area contributed by atoms with Gasteiger partial charge in [-0.1, -0.05) is 12.1 Å². The number of ether oxygens (including phenoxy) is 2. The van der Waals surface area contributed by atoms with Crippen LogP contribution in [0, 0.1) is 18.8 Å². The van der Waals surface area contributed by atoms with Crippen molar-refractivity contribution in [2.45, 2.75) is 45.2 Å². The van der Waals surface area contributed by atoms with E-state index in [2.05, 4.69) is 30.4 Å². The Labute approximate surface area is 149 Å². The first-order valence-electron chi connectivity index (χ1n) is 9.53. The number of benzene rings is 1. The van der Waals surface area contributed by atoms with Gasteiger partial charge in [-0.15, -0.1) is 0 Å². The fourth-order valence-electron chi connectivity index (χ4n) is 4.31. The Balaban J connectivity index is 1.35. The Morgan fingerprint density at radius 2 is 2.28 bits per heavy atom. The van der Waals surface area contributed by atoms with E-state index in [0.29, 0.717) is 25.1 Å². The largest absolute Gasteiger partial charge is 0.493 e. The van der Waals surface area contributed by atoms with Gasteiger partial charge in [-0.25, -0.2) is 4.79 Å². The molecule has 2 bridgehead atoms. The zero-order valence-corrected chi connectivity index (χ0v) is 15.0. The van der Waals surface area contributed by atoms with Gasteiger partial charge in [0.2, 0.25) is 0 Å². The van der Waals surface area contributed by atoms with Crippen LogP contribution in [0.1, 0.15) is 36.8 Å². The highest BCUT2D eigenvalue weighted by molar-refractivity contribution is 5.75. The smallest absolute Gasteiger partial charge is 0.317 e. The first kappa shape index (κ1) is 16.7. The Morgan fingerprint density at radius 1 is 1.36 bits per heavy atom. The average Bonchev–Trinajstić information content (AvgIpc) is 3.36. The monoisotopic (exact) mass is 344 g/mol. The third kappa shape index (κ3) is 3.76. The van der Waals surface area contributed by atoms with E-state index < -0.39 is 0 Å². The predicted octanol–water partition coefficient (Wildman–Crippen LogP) is 3.10. The molecule has 3 aliphatic rings. The predicted molar refractivity (Wildman–Crippen MR) is 95.7 cm³/mol. The van der Waals surface area contributed by atoms with Gasteiger partial charge >= 0.3 is 6.03 Å². The highest BCUT2D eigenvalue weighted by atomic mass is 16.5. The minimum absolute atomic E-state index is 0.0721. The number of carbonyl (C=O) groups is 1. The van der Waals surface area contributed by atoms with Crippen molar-refractivity contribution in [3.8, 4) is 5.75 Å². The standard InChI is InChI=1S/C20H28N2O3/c1-14-2-4-17(19(8-14)25-13-16-6-7-24-12-16)10-21-20(23)22-11-15-3-5-18(22)9-15/h2,4,8,15-16,18H,3,5-7,9-13H2,1H3,(H,21,23). The van der Waals surface area contributed by atoms with Gasteiger partial charge < -0.3 is 19.7 Å². The van der Waals surface area contributed by atoms with E-state index in [4.69, 9.17) is 9.47 Å². The van der Waals surface area contributed by atoms with Gasteiger partial charge in [-0.05, 0) is 50.2 Å². The molecule has 1 saturated carbocycles. The van der Waals surface area contributed by atoms with Crippen molar-refractivity contribution in [1.82, 2.24) is 10.2 Å². The lowest BCUT2D eigenvalue weighted by Crippen LogP contribution is -2.44. The van der Waals surface area contributed by atoms with Gasteiger partial charge in [0.05, 0.1) is 13.2 Å². The molecule has 3 atom stereocenters. The van der Waals surface area contributed by atoms with Gasteiger partial charge in [-0.3, -0.25) is 0 Å². The van der Waals surface area contributed by atoms with Crippen LogP contribution in [-0.4, -0.2) is 43.3 Å². The van der Waals surface area contributed by atoms with E-state index >= 15 is 0 Å². The lowest BCUT2D eigenvalue weighted by Gasteiger charge is -2.27. The minimum Gasteiger partial charge on any atom is -0.493 e. The summed E-state index contributed by atoms with van der Waals surface area (Å²) in [4.78, 5) is 14.5. The van der Waals surface area contributed by atoms with Crippen molar-refractivity contribution in [1.29, 1.82) is 0 Å². The summed E-state index contributed by atoms with van der Waals surface area (Å²) in [6.07, 6.45) is 4.71. The third-order valence-electron chi connectivity index (χ3n) is 5.82. The van der Waals surface area contributed by atoms with Crippen molar-refractivity contribution in [3.63, 3.8) is 0 Å². The number of rotatable bonds is 5. The van der Waals surface area contributed by atoms with Gasteiger partial charge in [0.25, 0.3) is 0 Å². The molecule has 1 aromatic carbocycles. The molecule has 0 radical (unpaired) electrons. The molecule has 3 fully saturated rings. The first-order valence-corrected chi connectivity index (χ1v) is 9.53. The molecule has 25 heavy (non-hydrogen) atoms. The van der Waals surface area contributed by atoms with E-state index in [1.165, 1.54) is 24.8 Å². The number of carbonyl (C=O) groups excluding carboxylic acids is 1. The maximum Gasteiger partial charge on any atom is 0.317 e. The molecule has 2 heterocycles. The first-order chi connectivity index (χ1) is 12.2. The zero-order chi connectivity index (χ0) is 17.2. The minimum atomic E-state index is 0.0721. The van der Waals surface area contributed by atoms with Crippen LogP contribution in [0.3, 0.4) is 0 Å². The molecule has 2 saturated heterocycles. The van der Waals surface area contributed by atoms with Crippen molar-refractivity contribution in [2.75, 3.05) is 26.4 Å². The Morgan fingerprint density at radius 3 is 3.00 bits per heavy atom. The number of nitrogens with zero attached hydrogens (tertiary/aromatic N) is 1. The fourth-order valence-corrected chi connectivity index (χ4v) is 4.31. The van der Waals surface area contributed by atoms with E-state index in [0.717, 1.165) is 43.4 Å². The number of piperidine rings is 1. The number of hydrogen-bond donors (Lipinski definition) is 1. The summed E-state index contributed by atoms with van der Waals surface area (Å²) in [5.41, 5.74) is 2.21. The van der Waals surface area contributed by atoms with Gasteiger partial charge in [0.1, 0.15) is 5.75 Å². The summed E-state index contributed by atoms with van der Waals surface area (Å²) in [7, 11) is 0. The SMILES string of the molecule is Cc1ccc(CNC(=O)N2CC3CCC2C3)c(OCC2CCOC2)c1. The maximum absolute atomic E-state index is 12.5. The summed E-state index contributed by atoms with van der Waals surface area (Å²) in [6.45, 7) is 5.81. The van der Waals surface area contributed by atoms with E-state index in [1.54, 1.807) is 0 Å². The van der Waals surface area contributed by atoms with Gasteiger partial charge in [-0.2, -0.15) is 0 Å². The van der Waals surface area contributed by atoms with Crippen LogP contribution in [0.5, 0.6) is 5.75 Å². The zero-order valence-electron chi connectivity index (χ0n) is 15.0. The Bertz CT molecular complexity index is 627. The van der Waals surface area contributed by atoms with E-state index in [9.17, 15) is 4.79 Å². The quantitative estimate of drug-likeness (QED) is 0.893. The van der Waals surface area contributed by atoms with Crippen molar-refractivity contribution in [3.05, 3.63) is 29.3 Å². The maximum atomic E-state index is 12.5. The van der Waals surface area contributed by atoms with E-state index in [-0.39, 0.29) is 6.03 Å². The highest BCUT2D eigenvalue weighted by Crippen LogP contribution is 2.37. The molecule has 2 aliphatic heterocycles. The second kappa shape index (κ2) is 7.24. The fraction of sp³-hybridized carbons (Fsp3) is 0.650. The molecule has 0 aromatic heterocycles. The van der Waals surface area contributed by atoms with Crippen LogP contribution in [0.25, 0.3) is 0 Å². The molecule has 1 aromatic rings. The number of likely N-dealkylation sites (tertiary alicyclic amines) is 1. The molecule has 0 spiro atoms. The van der Waals surface area contributed by atoms with Crippen LogP contribution in [0.2, 0.25) is 0 Å². The third-order valence-corrected chi connectivity index (χ3v) is 5.82. The Hall–Kier alpha value is -1.75. The highest BCUT2D eigenvalue weighted by Gasteiger charge is 2.40. The van der Waals surface area contributed by atoms with Crippen LogP contribution >= 0.6 is 0 Å². The molecule has 5 nitrogen and oxygen atoms in total. The van der Waals surface area contributed by atoms with Crippen LogP contribution in [0.15, 0.2) is 18.2 Å². The van der Waals surface area contributed by atoms with Crippen molar-refractivity contribution < 1.29 is 14.3 Å². The number of urea groups is 1. The molecule has 5 heteroatoms. The number of amides is 2. The number of nitrogens with one attached hydrogen (secondary N) is 1. The lowest BCUT2D eigenvalue weighted by molar-refractivity contribution is 0.166. The molecule has 136 valence electrons. The normalized spacial score (nSPS) is 27.7. The van der Waals surface area contributed by atoms with Crippen LogP contribution in [-0.2, 0) is 11.3 Å². The number of aryl methyl sites for hydroxylation is 1. The summed E-state index contributed by atoms with van der Waals surface area (Å²) < 4.78 is 11.5. The average molecular weight is 344 g/mol. The summed E-state index contributed by atoms with van der Waals surface area (Å²) in [6, 6.07) is 6.73.